The minimum atomic E-state index is -0.493. The average molecular weight is 410 g/mol. The van der Waals surface area contributed by atoms with Gasteiger partial charge < -0.3 is 20.1 Å². The molecule has 0 fully saturated rings. The highest BCUT2D eigenvalue weighted by molar-refractivity contribution is 6.10. The van der Waals surface area contributed by atoms with Crippen molar-refractivity contribution < 1.29 is 28.7 Å². The van der Waals surface area contributed by atoms with Crippen molar-refractivity contribution in [2.45, 2.75) is 13.8 Å². The summed E-state index contributed by atoms with van der Waals surface area (Å²) in [5.41, 5.74) is 1.86. The van der Waals surface area contributed by atoms with Gasteiger partial charge in [0.25, 0.3) is 5.91 Å². The quantitative estimate of drug-likeness (QED) is 0.536. The third-order valence-electron chi connectivity index (χ3n) is 3.93. The first-order valence-corrected chi connectivity index (χ1v) is 9.10. The van der Waals surface area contributed by atoms with Crippen molar-refractivity contribution in [3.63, 3.8) is 0 Å². The molecule has 2 N–H and O–H groups in total. The molecule has 8 nitrogen and oxygen atoms in total. The van der Waals surface area contributed by atoms with Gasteiger partial charge in [0, 0.05) is 23.0 Å². The topological polar surface area (TPSA) is 111 Å². The van der Waals surface area contributed by atoms with Crippen LogP contribution in [-0.2, 0) is 19.1 Å². The SMILES string of the molecule is CCOC(=O)c1ccc(NC(=O)/C=C(\C)C(=O)Nc2ccc(C(=O)OC)cc2)cc1. The van der Waals surface area contributed by atoms with E-state index in [9.17, 15) is 19.2 Å². The molecule has 0 unspecified atom stereocenters. The maximum atomic E-state index is 12.3. The number of amides is 2. The molecule has 2 aromatic rings. The highest BCUT2D eigenvalue weighted by Crippen LogP contribution is 2.13. The van der Waals surface area contributed by atoms with Crippen LogP contribution < -0.4 is 10.6 Å². The van der Waals surface area contributed by atoms with E-state index in [1.54, 1.807) is 31.2 Å². The van der Waals surface area contributed by atoms with E-state index in [4.69, 9.17) is 4.74 Å². The second kappa shape index (κ2) is 10.6. The standard InChI is InChI=1S/C22H22N2O6/c1-4-30-22(28)16-7-9-17(10-8-16)23-19(25)13-14(2)20(26)24-18-11-5-15(6-12-18)21(27)29-3/h5-13H,4H2,1-3H3,(H,23,25)(H,24,26)/b14-13+. The molecule has 2 aromatic carbocycles. The molecule has 156 valence electrons. The first-order valence-electron chi connectivity index (χ1n) is 9.10. The Bertz CT molecular complexity index is 962. The summed E-state index contributed by atoms with van der Waals surface area (Å²) >= 11 is 0. The smallest absolute Gasteiger partial charge is 0.338 e. The Morgan fingerprint density at radius 2 is 1.33 bits per heavy atom. The summed E-state index contributed by atoms with van der Waals surface area (Å²) in [7, 11) is 1.28. The molecule has 0 aliphatic carbocycles. The van der Waals surface area contributed by atoms with E-state index >= 15 is 0 Å². The van der Waals surface area contributed by atoms with Gasteiger partial charge in [-0.2, -0.15) is 0 Å². The number of ether oxygens (including phenoxy) is 2. The summed E-state index contributed by atoms with van der Waals surface area (Å²) in [6.07, 6.45) is 1.16. The monoisotopic (exact) mass is 410 g/mol. The Balaban J connectivity index is 1.95. The molecule has 0 saturated heterocycles. The third-order valence-corrected chi connectivity index (χ3v) is 3.93. The van der Waals surface area contributed by atoms with Crippen LogP contribution in [0.3, 0.4) is 0 Å². The van der Waals surface area contributed by atoms with Crippen LogP contribution in [0.25, 0.3) is 0 Å². The summed E-state index contributed by atoms with van der Waals surface area (Å²) in [6, 6.07) is 12.4. The predicted octanol–water partition coefficient (Wildman–Crippen LogP) is 3.17. The number of methoxy groups -OCH3 is 1. The number of nitrogens with one attached hydrogen (secondary N) is 2. The number of esters is 2. The van der Waals surface area contributed by atoms with Crippen LogP contribution in [0.2, 0.25) is 0 Å². The van der Waals surface area contributed by atoms with E-state index < -0.39 is 23.8 Å². The van der Waals surface area contributed by atoms with Crippen LogP contribution in [0.1, 0.15) is 34.6 Å². The van der Waals surface area contributed by atoms with Gasteiger partial charge in [0.05, 0.1) is 24.8 Å². The van der Waals surface area contributed by atoms with Crippen molar-refractivity contribution >= 4 is 35.1 Å². The molecule has 0 heterocycles. The zero-order valence-electron chi connectivity index (χ0n) is 16.9. The summed E-state index contributed by atoms with van der Waals surface area (Å²) in [5.74, 6) is -1.88. The van der Waals surface area contributed by atoms with Crippen LogP contribution in [0, 0.1) is 0 Å². The Morgan fingerprint density at radius 1 is 0.833 bits per heavy atom. The van der Waals surface area contributed by atoms with E-state index in [2.05, 4.69) is 15.4 Å². The minimum absolute atomic E-state index is 0.188. The number of rotatable bonds is 7. The molecular formula is C22H22N2O6. The fourth-order valence-corrected chi connectivity index (χ4v) is 2.38. The molecular weight excluding hydrogens is 388 g/mol. The zero-order valence-corrected chi connectivity index (χ0v) is 16.9. The molecule has 0 aliphatic rings. The van der Waals surface area contributed by atoms with Crippen molar-refractivity contribution in [2.75, 3.05) is 24.4 Å². The van der Waals surface area contributed by atoms with Gasteiger partial charge in [-0.15, -0.1) is 0 Å². The minimum Gasteiger partial charge on any atom is -0.465 e. The lowest BCUT2D eigenvalue weighted by molar-refractivity contribution is -0.114. The lowest BCUT2D eigenvalue weighted by atomic mass is 10.2. The fraction of sp³-hybridized carbons (Fsp3) is 0.182. The van der Waals surface area contributed by atoms with Crippen LogP contribution in [0.5, 0.6) is 0 Å². The number of hydrogen-bond donors (Lipinski definition) is 2. The van der Waals surface area contributed by atoms with Gasteiger partial charge in [0.1, 0.15) is 0 Å². The summed E-state index contributed by atoms with van der Waals surface area (Å²) in [5, 5.41) is 5.25. The number of hydrogen-bond acceptors (Lipinski definition) is 6. The Kier molecular flexibility index (Phi) is 7.87. The number of carbonyl (C=O) groups excluding carboxylic acids is 4. The average Bonchev–Trinajstić information content (AvgIpc) is 2.74. The number of benzene rings is 2. The lowest BCUT2D eigenvalue weighted by Gasteiger charge is -2.07. The molecule has 0 aromatic heterocycles. The van der Waals surface area contributed by atoms with Crippen molar-refractivity contribution in [1.82, 2.24) is 0 Å². The maximum Gasteiger partial charge on any atom is 0.338 e. The van der Waals surface area contributed by atoms with Gasteiger partial charge in [0.2, 0.25) is 5.91 Å². The van der Waals surface area contributed by atoms with Crippen LogP contribution in [0.4, 0.5) is 11.4 Å². The Morgan fingerprint density at radius 3 is 1.83 bits per heavy atom. The molecule has 0 aliphatic heterocycles. The molecule has 0 spiro atoms. The van der Waals surface area contributed by atoms with Gasteiger partial charge in [0.15, 0.2) is 0 Å². The van der Waals surface area contributed by atoms with Gasteiger partial charge in [-0.1, -0.05) is 0 Å². The Labute approximate surface area is 173 Å². The molecule has 2 amide bonds. The second-order valence-corrected chi connectivity index (χ2v) is 6.14. The van der Waals surface area contributed by atoms with Crippen LogP contribution in [-0.4, -0.2) is 37.5 Å². The van der Waals surface area contributed by atoms with E-state index in [1.807, 2.05) is 0 Å². The van der Waals surface area contributed by atoms with E-state index in [0.717, 1.165) is 6.08 Å². The fourth-order valence-electron chi connectivity index (χ4n) is 2.38. The molecule has 0 saturated carbocycles. The molecule has 2 rings (SSSR count). The van der Waals surface area contributed by atoms with Gasteiger partial charge >= 0.3 is 11.9 Å². The van der Waals surface area contributed by atoms with Crippen molar-refractivity contribution in [3.8, 4) is 0 Å². The van der Waals surface area contributed by atoms with Crippen molar-refractivity contribution in [2.24, 2.45) is 0 Å². The summed E-state index contributed by atoms with van der Waals surface area (Å²) in [4.78, 5) is 47.4. The largest absolute Gasteiger partial charge is 0.465 e. The number of anilines is 2. The first kappa shape index (κ1) is 22.4. The molecule has 30 heavy (non-hydrogen) atoms. The van der Waals surface area contributed by atoms with Crippen LogP contribution in [0.15, 0.2) is 60.2 Å². The van der Waals surface area contributed by atoms with Gasteiger partial charge in [-0.25, -0.2) is 9.59 Å². The van der Waals surface area contributed by atoms with Crippen LogP contribution >= 0.6 is 0 Å². The maximum absolute atomic E-state index is 12.3. The predicted molar refractivity (Wildman–Crippen MR) is 111 cm³/mol. The third kappa shape index (κ3) is 6.30. The Hall–Kier alpha value is -3.94. The zero-order chi connectivity index (χ0) is 22.1. The molecule has 0 atom stereocenters. The van der Waals surface area contributed by atoms with Crippen molar-refractivity contribution in [3.05, 3.63) is 71.3 Å². The van der Waals surface area contributed by atoms with Crippen molar-refractivity contribution in [1.29, 1.82) is 0 Å². The lowest BCUT2D eigenvalue weighted by Crippen LogP contribution is -2.16. The molecule has 0 radical (unpaired) electrons. The first-order chi connectivity index (χ1) is 14.3. The van der Waals surface area contributed by atoms with Gasteiger partial charge in [-0.3, -0.25) is 9.59 Å². The summed E-state index contributed by atoms with van der Waals surface area (Å²) in [6.45, 7) is 3.50. The molecule has 8 heteroatoms. The van der Waals surface area contributed by atoms with Gasteiger partial charge in [-0.05, 0) is 62.4 Å². The van der Waals surface area contributed by atoms with E-state index in [0.29, 0.717) is 22.5 Å². The summed E-state index contributed by atoms with van der Waals surface area (Å²) < 4.78 is 9.51. The molecule has 0 bridgehead atoms. The second-order valence-electron chi connectivity index (χ2n) is 6.14. The highest BCUT2D eigenvalue weighted by Gasteiger charge is 2.10. The van der Waals surface area contributed by atoms with E-state index in [1.165, 1.54) is 38.3 Å². The number of carbonyl (C=O) groups is 4. The normalized spacial score (nSPS) is 10.7. The highest BCUT2D eigenvalue weighted by atomic mass is 16.5. The van der Waals surface area contributed by atoms with E-state index in [-0.39, 0.29) is 12.2 Å².